The number of benzene rings is 2. The number of hydrogen-bond acceptors (Lipinski definition) is 1. The first kappa shape index (κ1) is 13.5. The van der Waals surface area contributed by atoms with Crippen LogP contribution >= 0.6 is 27.5 Å². The van der Waals surface area contributed by atoms with Crippen LogP contribution in [0.1, 0.15) is 17.2 Å². The molecule has 0 aliphatic rings. The van der Waals surface area contributed by atoms with Gasteiger partial charge in [0.15, 0.2) is 0 Å². The van der Waals surface area contributed by atoms with Gasteiger partial charge in [-0.3, -0.25) is 0 Å². The topological polar surface area (TPSA) is 26.0 Å². The molecule has 2 aromatic rings. The second kappa shape index (κ2) is 5.83. The Labute approximate surface area is 119 Å². The minimum atomic E-state index is -0.349. The lowest BCUT2D eigenvalue weighted by Gasteiger charge is -2.14. The van der Waals surface area contributed by atoms with Gasteiger partial charge in [-0.1, -0.05) is 45.7 Å². The van der Waals surface area contributed by atoms with E-state index in [0.717, 1.165) is 15.6 Å². The Hall–Kier alpha value is -0.900. The molecule has 0 aromatic heterocycles. The van der Waals surface area contributed by atoms with Crippen LogP contribution in [-0.4, -0.2) is 0 Å². The maximum Gasteiger partial charge on any atom is 0.124 e. The van der Waals surface area contributed by atoms with Crippen LogP contribution in [0.4, 0.5) is 4.39 Å². The third-order valence-corrected chi connectivity index (χ3v) is 3.53. The smallest absolute Gasteiger partial charge is 0.124 e. The Kier molecular flexibility index (Phi) is 4.38. The molecular weight excluding hydrogens is 317 g/mol. The van der Waals surface area contributed by atoms with Crippen molar-refractivity contribution in [1.82, 2.24) is 0 Å². The lowest BCUT2D eigenvalue weighted by atomic mass is 10.00. The van der Waals surface area contributed by atoms with Crippen molar-refractivity contribution in [2.45, 2.75) is 12.5 Å². The quantitative estimate of drug-likeness (QED) is 0.883. The summed E-state index contributed by atoms with van der Waals surface area (Å²) in [5.74, 6) is -0.349. The van der Waals surface area contributed by atoms with E-state index >= 15 is 0 Å². The highest BCUT2D eigenvalue weighted by atomic mass is 79.9. The molecule has 94 valence electrons. The van der Waals surface area contributed by atoms with Crippen LogP contribution in [0, 0.1) is 5.82 Å². The average Bonchev–Trinajstić information content (AvgIpc) is 2.28. The van der Waals surface area contributed by atoms with E-state index in [0.29, 0.717) is 11.4 Å². The zero-order valence-electron chi connectivity index (χ0n) is 9.54. The molecule has 1 nitrogen and oxygen atoms in total. The zero-order chi connectivity index (χ0) is 13.1. The normalized spacial score (nSPS) is 12.4. The van der Waals surface area contributed by atoms with Crippen molar-refractivity contribution >= 4 is 27.5 Å². The Morgan fingerprint density at radius 1 is 1.22 bits per heavy atom. The van der Waals surface area contributed by atoms with Crippen molar-refractivity contribution in [3.8, 4) is 0 Å². The summed E-state index contributed by atoms with van der Waals surface area (Å²) in [7, 11) is 0. The van der Waals surface area contributed by atoms with Crippen LogP contribution in [0.15, 0.2) is 46.9 Å². The molecule has 1 unspecified atom stereocenters. The van der Waals surface area contributed by atoms with Crippen molar-refractivity contribution in [2.75, 3.05) is 0 Å². The monoisotopic (exact) mass is 327 g/mol. The minimum absolute atomic E-state index is 0.243. The molecule has 0 amide bonds. The van der Waals surface area contributed by atoms with E-state index in [1.165, 1.54) is 12.1 Å². The molecule has 0 heterocycles. The lowest BCUT2D eigenvalue weighted by molar-refractivity contribution is 0.624. The van der Waals surface area contributed by atoms with Gasteiger partial charge in [0.1, 0.15) is 5.82 Å². The highest BCUT2D eigenvalue weighted by Crippen LogP contribution is 2.25. The predicted molar refractivity (Wildman–Crippen MR) is 76.2 cm³/mol. The molecule has 2 aromatic carbocycles. The van der Waals surface area contributed by atoms with E-state index in [4.69, 9.17) is 17.3 Å². The van der Waals surface area contributed by atoms with Gasteiger partial charge in [0.05, 0.1) is 0 Å². The van der Waals surface area contributed by atoms with E-state index in [2.05, 4.69) is 15.9 Å². The fourth-order valence-electron chi connectivity index (χ4n) is 1.83. The standard InChI is InChI=1S/C14H12BrClFN/c15-10-3-1-2-9(6-10)7-14(18)12-5-4-11(17)8-13(12)16/h1-6,8,14H,7,18H2. The Morgan fingerprint density at radius 3 is 2.67 bits per heavy atom. The largest absolute Gasteiger partial charge is 0.324 e. The van der Waals surface area contributed by atoms with Crippen LogP contribution in [0.3, 0.4) is 0 Å². The number of nitrogens with two attached hydrogens (primary N) is 1. The van der Waals surface area contributed by atoms with Crippen LogP contribution in [-0.2, 0) is 6.42 Å². The van der Waals surface area contributed by atoms with E-state index in [-0.39, 0.29) is 11.9 Å². The van der Waals surface area contributed by atoms with Gasteiger partial charge < -0.3 is 5.73 Å². The molecule has 0 bridgehead atoms. The van der Waals surface area contributed by atoms with Gasteiger partial charge in [-0.25, -0.2) is 4.39 Å². The number of halogens is 3. The summed E-state index contributed by atoms with van der Waals surface area (Å²) >= 11 is 9.41. The van der Waals surface area contributed by atoms with Crippen LogP contribution in [0.5, 0.6) is 0 Å². The van der Waals surface area contributed by atoms with Gasteiger partial charge in [0, 0.05) is 15.5 Å². The van der Waals surface area contributed by atoms with Crippen LogP contribution < -0.4 is 5.73 Å². The predicted octanol–water partition coefficient (Wildman–Crippen LogP) is 4.48. The summed E-state index contributed by atoms with van der Waals surface area (Å²) in [4.78, 5) is 0. The first-order chi connectivity index (χ1) is 8.56. The van der Waals surface area contributed by atoms with Gasteiger partial charge in [0.2, 0.25) is 0 Å². The Morgan fingerprint density at radius 2 is 2.00 bits per heavy atom. The molecule has 0 aliphatic carbocycles. The molecule has 1 atom stereocenters. The summed E-state index contributed by atoms with van der Waals surface area (Å²) in [6.45, 7) is 0. The van der Waals surface area contributed by atoms with Crippen LogP contribution in [0.2, 0.25) is 5.02 Å². The maximum atomic E-state index is 13.0. The molecule has 2 rings (SSSR count). The summed E-state index contributed by atoms with van der Waals surface area (Å²) in [6, 6.07) is 12.0. The summed E-state index contributed by atoms with van der Waals surface area (Å²) in [5, 5.41) is 0.373. The Balaban J connectivity index is 2.19. The van der Waals surface area contributed by atoms with Crippen molar-refractivity contribution in [3.63, 3.8) is 0 Å². The molecule has 0 radical (unpaired) electrons. The van der Waals surface area contributed by atoms with Crippen molar-refractivity contribution in [1.29, 1.82) is 0 Å². The van der Waals surface area contributed by atoms with Crippen LogP contribution in [0.25, 0.3) is 0 Å². The molecule has 0 saturated heterocycles. The summed E-state index contributed by atoms with van der Waals surface area (Å²) in [6.07, 6.45) is 0.658. The zero-order valence-corrected chi connectivity index (χ0v) is 11.9. The first-order valence-electron chi connectivity index (χ1n) is 5.51. The molecule has 2 N–H and O–H groups in total. The van der Waals surface area contributed by atoms with Gasteiger partial charge in [-0.2, -0.15) is 0 Å². The fraction of sp³-hybridized carbons (Fsp3) is 0.143. The van der Waals surface area contributed by atoms with Gasteiger partial charge >= 0.3 is 0 Å². The second-order valence-electron chi connectivity index (χ2n) is 4.11. The minimum Gasteiger partial charge on any atom is -0.324 e. The fourth-order valence-corrected chi connectivity index (χ4v) is 2.58. The van der Waals surface area contributed by atoms with Crippen molar-refractivity contribution < 1.29 is 4.39 Å². The lowest BCUT2D eigenvalue weighted by Crippen LogP contribution is -2.14. The maximum absolute atomic E-state index is 13.0. The van der Waals surface area contributed by atoms with E-state index < -0.39 is 0 Å². The van der Waals surface area contributed by atoms with E-state index in [9.17, 15) is 4.39 Å². The molecule has 0 fully saturated rings. The molecule has 0 aliphatic heterocycles. The van der Waals surface area contributed by atoms with E-state index in [1.54, 1.807) is 6.07 Å². The highest BCUT2D eigenvalue weighted by Gasteiger charge is 2.11. The third-order valence-electron chi connectivity index (χ3n) is 2.71. The van der Waals surface area contributed by atoms with Crippen molar-refractivity contribution in [2.24, 2.45) is 5.73 Å². The molecule has 0 saturated carbocycles. The third kappa shape index (κ3) is 3.31. The van der Waals surface area contributed by atoms with E-state index in [1.807, 2.05) is 24.3 Å². The second-order valence-corrected chi connectivity index (χ2v) is 5.43. The number of hydrogen-bond donors (Lipinski definition) is 1. The Bertz CT molecular complexity index is 559. The summed E-state index contributed by atoms with van der Waals surface area (Å²) in [5.41, 5.74) is 7.98. The van der Waals surface area contributed by atoms with Gasteiger partial charge in [-0.05, 0) is 41.8 Å². The number of rotatable bonds is 3. The van der Waals surface area contributed by atoms with Gasteiger partial charge in [0.25, 0.3) is 0 Å². The summed E-state index contributed by atoms with van der Waals surface area (Å²) < 4.78 is 14.0. The van der Waals surface area contributed by atoms with Crippen molar-refractivity contribution in [3.05, 3.63) is 68.9 Å². The average molecular weight is 329 g/mol. The molecule has 18 heavy (non-hydrogen) atoms. The molecule has 4 heteroatoms. The van der Waals surface area contributed by atoms with Gasteiger partial charge in [-0.15, -0.1) is 0 Å². The highest BCUT2D eigenvalue weighted by molar-refractivity contribution is 9.10. The first-order valence-corrected chi connectivity index (χ1v) is 6.68. The SMILES string of the molecule is NC(Cc1cccc(Br)c1)c1ccc(F)cc1Cl. The molecule has 0 spiro atoms. The molecular formula is C14H12BrClFN.